The van der Waals surface area contributed by atoms with E-state index in [1.807, 2.05) is 0 Å². The average molecular weight is 296 g/mol. The first-order chi connectivity index (χ1) is 9.95. The van der Waals surface area contributed by atoms with Crippen molar-refractivity contribution in [1.82, 2.24) is 4.90 Å². The molecule has 0 bridgehead atoms. The van der Waals surface area contributed by atoms with Gasteiger partial charge in [-0.05, 0) is 37.5 Å². The first kappa shape index (κ1) is 16.3. The Labute approximate surface area is 126 Å². The number of carboxylic acids is 1. The third kappa shape index (κ3) is 3.39. The highest BCUT2D eigenvalue weighted by atomic mass is 16.4. The summed E-state index contributed by atoms with van der Waals surface area (Å²) in [5, 5.41) is 9.49. The van der Waals surface area contributed by atoms with Crippen molar-refractivity contribution >= 4 is 11.9 Å². The van der Waals surface area contributed by atoms with Gasteiger partial charge in [-0.3, -0.25) is 4.79 Å². The molecule has 1 saturated carbocycles. The summed E-state index contributed by atoms with van der Waals surface area (Å²) in [5.41, 5.74) is 5.78. The van der Waals surface area contributed by atoms with Crippen LogP contribution in [0.1, 0.15) is 52.4 Å². The largest absolute Gasteiger partial charge is 0.480 e. The van der Waals surface area contributed by atoms with Gasteiger partial charge in [-0.2, -0.15) is 0 Å². The minimum atomic E-state index is -0.863. The van der Waals surface area contributed by atoms with Gasteiger partial charge in [0.2, 0.25) is 5.91 Å². The van der Waals surface area contributed by atoms with Crippen molar-refractivity contribution < 1.29 is 14.7 Å². The molecule has 0 spiro atoms. The molecule has 0 aromatic rings. The molecule has 2 rings (SSSR count). The van der Waals surface area contributed by atoms with Crippen molar-refractivity contribution in [2.45, 2.75) is 64.5 Å². The second-order valence-electron chi connectivity index (χ2n) is 7.01. The summed E-state index contributed by atoms with van der Waals surface area (Å²) in [6.45, 7) is 4.44. The van der Waals surface area contributed by atoms with Gasteiger partial charge in [0.25, 0.3) is 0 Å². The standard InChI is InChI=1S/C16H28N2O3/c1-10(2)7-12(9-17)15(19)18-13-6-4-3-5-11(13)8-14(18)16(20)21/h10-14H,3-9,17H2,1-2H3,(H,20,21). The Hall–Kier alpha value is -1.10. The number of carbonyl (C=O) groups excluding carboxylic acids is 1. The fraction of sp³-hybridized carbons (Fsp3) is 0.875. The Kier molecular flexibility index (Phi) is 5.25. The molecule has 0 radical (unpaired) electrons. The highest BCUT2D eigenvalue weighted by Gasteiger charge is 2.48. The minimum Gasteiger partial charge on any atom is -0.480 e. The van der Waals surface area contributed by atoms with E-state index in [1.54, 1.807) is 4.90 Å². The topological polar surface area (TPSA) is 83.6 Å². The maximum Gasteiger partial charge on any atom is 0.326 e. The summed E-state index contributed by atoms with van der Waals surface area (Å²) >= 11 is 0. The van der Waals surface area contributed by atoms with Gasteiger partial charge in [0.15, 0.2) is 0 Å². The Morgan fingerprint density at radius 1 is 1.29 bits per heavy atom. The molecule has 0 aromatic heterocycles. The number of carbonyl (C=O) groups is 2. The molecule has 4 unspecified atom stereocenters. The normalized spacial score (nSPS) is 30.3. The van der Waals surface area contributed by atoms with Gasteiger partial charge in [-0.25, -0.2) is 4.79 Å². The summed E-state index contributed by atoms with van der Waals surface area (Å²) in [7, 11) is 0. The third-order valence-corrected chi connectivity index (χ3v) is 5.02. The van der Waals surface area contributed by atoms with Crippen molar-refractivity contribution in [1.29, 1.82) is 0 Å². The van der Waals surface area contributed by atoms with Crippen LogP contribution >= 0.6 is 0 Å². The van der Waals surface area contributed by atoms with Crippen LogP contribution in [0.2, 0.25) is 0 Å². The van der Waals surface area contributed by atoms with Gasteiger partial charge >= 0.3 is 5.97 Å². The molecule has 1 amide bonds. The maximum atomic E-state index is 12.9. The van der Waals surface area contributed by atoms with Gasteiger partial charge in [0.1, 0.15) is 6.04 Å². The molecule has 21 heavy (non-hydrogen) atoms. The molecule has 3 N–H and O–H groups in total. The minimum absolute atomic E-state index is 0.0343. The Morgan fingerprint density at radius 3 is 2.52 bits per heavy atom. The number of fused-ring (bicyclic) bond motifs is 1. The quantitative estimate of drug-likeness (QED) is 0.811. The van der Waals surface area contributed by atoms with Gasteiger partial charge in [0, 0.05) is 12.6 Å². The number of amides is 1. The molecule has 120 valence electrons. The Bertz CT molecular complexity index is 397. The van der Waals surface area contributed by atoms with Crippen LogP contribution in [0.25, 0.3) is 0 Å². The van der Waals surface area contributed by atoms with E-state index < -0.39 is 12.0 Å². The predicted octanol–water partition coefficient (Wildman–Crippen LogP) is 1.85. The molecule has 1 heterocycles. The highest BCUT2D eigenvalue weighted by molar-refractivity contribution is 5.86. The Balaban J connectivity index is 2.19. The highest BCUT2D eigenvalue weighted by Crippen LogP contribution is 2.40. The summed E-state index contributed by atoms with van der Waals surface area (Å²) in [4.78, 5) is 26.1. The van der Waals surface area contributed by atoms with Gasteiger partial charge in [-0.1, -0.05) is 26.7 Å². The smallest absolute Gasteiger partial charge is 0.326 e. The lowest BCUT2D eigenvalue weighted by Crippen LogP contribution is -2.50. The van der Waals surface area contributed by atoms with Crippen LogP contribution in [0.5, 0.6) is 0 Å². The van der Waals surface area contributed by atoms with Gasteiger partial charge < -0.3 is 15.7 Å². The number of hydrogen-bond acceptors (Lipinski definition) is 3. The lowest BCUT2D eigenvalue weighted by molar-refractivity contribution is -0.152. The van der Waals surface area contributed by atoms with Crippen LogP contribution < -0.4 is 5.73 Å². The second kappa shape index (κ2) is 6.77. The van der Waals surface area contributed by atoms with Crippen molar-refractivity contribution in [3.63, 3.8) is 0 Å². The van der Waals surface area contributed by atoms with E-state index in [0.717, 1.165) is 32.1 Å². The van der Waals surface area contributed by atoms with Crippen LogP contribution in [0.4, 0.5) is 0 Å². The number of carboxylic acid groups (broad SMARTS) is 1. The third-order valence-electron chi connectivity index (χ3n) is 5.02. The number of nitrogens with zero attached hydrogens (tertiary/aromatic N) is 1. The van der Waals surface area contributed by atoms with E-state index in [9.17, 15) is 14.7 Å². The molecular weight excluding hydrogens is 268 g/mol. The average Bonchev–Trinajstić information content (AvgIpc) is 2.83. The zero-order valence-corrected chi connectivity index (χ0v) is 13.1. The van der Waals surface area contributed by atoms with Crippen molar-refractivity contribution in [2.24, 2.45) is 23.5 Å². The predicted molar refractivity (Wildman–Crippen MR) is 80.6 cm³/mol. The zero-order chi connectivity index (χ0) is 15.6. The fourth-order valence-electron chi connectivity index (χ4n) is 4.08. The van der Waals surface area contributed by atoms with Crippen LogP contribution in [0, 0.1) is 17.8 Å². The van der Waals surface area contributed by atoms with E-state index in [2.05, 4.69) is 13.8 Å². The molecule has 4 atom stereocenters. The Morgan fingerprint density at radius 2 is 1.95 bits per heavy atom. The van der Waals surface area contributed by atoms with E-state index >= 15 is 0 Å². The molecular formula is C16H28N2O3. The molecule has 2 fully saturated rings. The zero-order valence-electron chi connectivity index (χ0n) is 13.1. The maximum absolute atomic E-state index is 12.9. The van der Waals surface area contributed by atoms with Crippen LogP contribution in [-0.2, 0) is 9.59 Å². The first-order valence-corrected chi connectivity index (χ1v) is 8.20. The van der Waals surface area contributed by atoms with E-state index in [-0.39, 0.29) is 17.9 Å². The van der Waals surface area contributed by atoms with E-state index in [0.29, 0.717) is 24.8 Å². The monoisotopic (exact) mass is 296 g/mol. The van der Waals surface area contributed by atoms with Crippen molar-refractivity contribution in [2.75, 3.05) is 6.54 Å². The first-order valence-electron chi connectivity index (χ1n) is 8.20. The van der Waals surface area contributed by atoms with Crippen molar-refractivity contribution in [3.8, 4) is 0 Å². The fourth-order valence-corrected chi connectivity index (χ4v) is 4.08. The molecule has 5 nitrogen and oxygen atoms in total. The summed E-state index contributed by atoms with van der Waals surface area (Å²) in [6, 6.07) is -0.527. The lowest BCUT2D eigenvalue weighted by Gasteiger charge is -2.35. The van der Waals surface area contributed by atoms with Gasteiger partial charge in [-0.15, -0.1) is 0 Å². The number of hydrogen-bond donors (Lipinski definition) is 2. The summed E-state index contributed by atoms with van der Waals surface area (Å²) in [6.07, 6.45) is 5.59. The lowest BCUT2D eigenvalue weighted by atomic mass is 9.84. The summed E-state index contributed by atoms with van der Waals surface area (Å²) in [5.74, 6) is -0.393. The number of nitrogens with two attached hydrogens (primary N) is 1. The molecule has 1 saturated heterocycles. The van der Waals surface area contributed by atoms with Crippen LogP contribution in [-0.4, -0.2) is 40.5 Å². The molecule has 5 heteroatoms. The summed E-state index contributed by atoms with van der Waals surface area (Å²) < 4.78 is 0. The van der Waals surface area contributed by atoms with Crippen molar-refractivity contribution in [3.05, 3.63) is 0 Å². The second-order valence-corrected chi connectivity index (χ2v) is 7.01. The van der Waals surface area contributed by atoms with Gasteiger partial charge in [0.05, 0.1) is 5.92 Å². The van der Waals surface area contributed by atoms with E-state index in [1.165, 1.54) is 0 Å². The molecule has 2 aliphatic rings. The number of likely N-dealkylation sites (tertiary alicyclic amines) is 1. The molecule has 1 aliphatic heterocycles. The molecule has 0 aromatic carbocycles. The van der Waals surface area contributed by atoms with E-state index in [4.69, 9.17) is 5.73 Å². The SMILES string of the molecule is CC(C)CC(CN)C(=O)N1C(C(=O)O)CC2CCCCC21. The number of rotatable bonds is 5. The van der Waals surface area contributed by atoms with Crippen LogP contribution in [0.15, 0.2) is 0 Å². The molecule has 1 aliphatic carbocycles. The number of aliphatic carboxylic acids is 1. The van der Waals surface area contributed by atoms with Crippen LogP contribution in [0.3, 0.4) is 0 Å².